The van der Waals surface area contributed by atoms with Gasteiger partial charge in [0.25, 0.3) is 0 Å². The molecule has 0 heterocycles. The van der Waals surface area contributed by atoms with Crippen LogP contribution in [0.25, 0.3) is 0 Å². The number of nitrogens with zero attached hydrogens (tertiary/aromatic N) is 1. The molecular weight excluding hydrogens is 314 g/mol. The first-order chi connectivity index (χ1) is 12.2. The molecule has 2 aromatic rings. The first-order valence-electron chi connectivity index (χ1n) is 8.86. The van der Waals surface area contributed by atoms with Gasteiger partial charge in [0.15, 0.2) is 0 Å². The number of rotatable bonds is 11. The smallest absolute Gasteiger partial charge is 0.119 e. The molecule has 136 valence electrons. The van der Waals surface area contributed by atoms with Gasteiger partial charge in [-0.3, -0.25) is 4.90 Å². The second-order valence-electron chi connectivity index (χ2n) is 6.24. The maximum absolute atomic E-state index is 10.3. The standard InChI is InChI=1S/C21H29NO3/c1-3-12-22(14-19-10-7-11-21(13-19)24-2)15-20(23)17-25-16-18-8-5-4-6-9-18/h4-11,13,20,23H,3,12,14-17H2,1-2H3/t20-/m1/s1. The van der Waals surface area contributed by atoms with E-state index < -0.39 is 6.10 Å². The summed E-state index contributed by atoms with van der Waals surface area (Å²) < 4.78 is 10.9. The first-order valence-corrected chi connectivity index (χ1v) is 8.86. The molecule has 0 unspecified atom stereocenters. The van der Waals surface area contributed by atoms with Crippen LogP contribution in [0.2, 0.25) is 0 Å². The summed E-state index contributed by atoms with van der Waals surface area (Å²) in [6.45, 7) is 5.35. The van der Waals surface area contributed by atoms with Gasteiger partial charge in [-0.2, -0.15) is 0 Å². The molecule has 0 saturated carbocycles. The minimum absolute atomic E-state index is 0.340. The van der Waals surface area contributed by atoms with Crippen molar-refractivity contribution in [2.24, 2.45) is 0 Å². The van der Waals surface area contributed by atoms with Crippen LogP contribution in [0.3, 0.4) is 0 Å². The molecule has 0 bridgehead atoms. The molecule has 0 saturated heterocycles. The molecule has 4 nitrogen and oxygen atoms in total. The van der Waals surface area contributed by atoms with Crippen LogP contribution in [0, 0.1) is 0 Å². The van der Waals surface area contributed by atoms with Gasteiger partial charge in [0.05, 0.1) is 26.4 Å². The Hall–Kier alpha value is -1.88. The number of benzene rings is 2. The van der Waals surface area contributed by atoms with Crippen molar-refractivity contribution in [2.45, 2.75) is 32.6 Å². The molecule has 0 fully saturated rings. The van der Waals surface area contributed by atoms with Crippen molar-refractivity contribution in [1.82, 2.24) is 4.90 Å². The molecule has 2 rings (SSSR count). The summed E-state index contributed by atoms with van der Waals surface area (Å²) in [4.78, 5) is 2.26. The Morgan fingerprint density at radius 3 is 2.52 bits per heavy atom. The van der Waals surface area contributed by atoms with Gasteiger partial charge in [0.1, 0.15) is 5.75 Å². The average Bonchev–Trinajstić information content (AvgIpc) is 2.63. The minimum Gasteiger partial charge on any atom is -0.497 e. The summed E-state index contributed by atoms with van der Waals surface area (Å²) in [6, 6.07) is 18.1. The minimum atomic E-state index is -0.499. The van der Waals surface area contributed by atoms with Crippen molar-refractivity contribution in [3.63, 3.8) is 0 Å². The third kappa shape index (κ3) is 7.26. The molecule has 0 aliphatic carbocycles. The Kier molecular flexibility index (Phi) is 8.46. The number of methoxy groups -OCH3 is 1. The average molecular weight is 343 g/mol. The summed E-state index contributed by atoms with van der Waals surface area (Å²) in [5, 5.41) is 10.3. The molecule has 4 heteroatoms. The van der Waals surface area contributed by atoms with Crippen LogP contribution in [-0.2, 0) is 17.9 Å². The van der Waals surface area contributed by atoms with E-state index >= 15 is 0 Å². The van der Waals surface area contributed by atoms with Crippen LogP contribution in [0.4, 0.5) is 0 Å². The Labute approximate surface area is 151 Å². The fourth-order valence-corrected chi connectivity index (χ4v) is 2.82. The highest BCUT2D eigenvalue weighted by atomic mass is 16.5. The van der Waals surface area contributed by atoms with E-state index in [1.165, 1.54) is 5.56 Å². The Bertz CT molecular complexity index is 603. The fourth-order valence-electron chi connectivity index (χ4n) is 2.82. The van der Waals surface area contributed by atoms with Crippen molar-refractivity contribution < 1.29 is 14.6 Å². The summed E-state index contributed by atoms with van der Waals surface area (Å²) >= 11 is 0. The number of aliphatic hydroxyl groups excluding tert-OH is 1. The van der Waals surface area contributed by atoms with Gasteiger partial charge in [-0.15, -0.1) is 0 Å². The van der Waals surface area contributed by atoms with E-state index in [9.17, 15) is 5.11 Å². The summed E-state index contributed by atoms with van der Waals surface area (Å²) in [5.74, 6) is 0.862. The quantitative estimate of drug-likeness (QED) is 0.678. The van der Waals surface area contributed by atoms with E-state index in [4.69, 9.17) is 9.47 Å². The van der Waals surface area contributed by atoms with Gasteiger partial charge in [0.2, 0.25) is 0 Å². The van der Waals surface area contributed by atoms with Gasteiger partial charge in [-0.1, -0.05) is 49.4 Å². The predicted octanol–water partition coefficient (Wildman–Crippen LogP) is 3.48. The van der Waals surface area contributed by atoms with Gasteiger partial charge in [0, 0.05) is 13.1 Å². The monoisotopic (exact) mass is 343 g/mol. The van der Waals surface area contributed by atoms with Gasteiger partial charge >= 0.3 is 0 Å². The van der Waals surface area contributed by atoms with Crippen LogP contribution in [0.5, 0.6) is 5.75 Å². The second-order valence-corrected chi connectivity index (χ2v) is 6.24. The molecule has 0 aromatic heterocycles. The number of hydrogen-bond acceptors (Lipinski definition) is 4. The first kappa shape index (κ1) is 19.4. The van der Waals surface area contributed by atoms with Gasteiger partial charge in [-0.25, -0.2) is 0 Å². The molecule has 1 atom stereocenters. The summed E-state index contributed by atoms with van der Waals surface area (Å²) in [6.07, 6.45) is 0.544. The van der Waals surface area contributed by atoms with E-state index in [1.54, 1.807) is 7.11 Å². The molecule has 0 aliphatic rings. The van der Waals surface area contributed by atoms with E-state index in [2.05, 4.69) is 17.9 Å². The lowest BCUT2D eigenvalue weighted by atomic mass is 10.2. The van der Waals surface area contributed by atoms with Gasteiger partial charge < -0.3 is 14.6 Å². The maximum Gasteiger partial charge on any atom is 0.119 e. The Morgan fingerprint density at radius 2 is 1.80 bits per heavy atom. The third-order valence-corrected chi connectivity index (χ3v) is 3.97. The zero-order valence-corrected chi connectivity index (χ0v) is 15.2. The lowest BCUT2D eigenvalue weighted by Crippen LogP contribution is -2.35. The third-order valence-electron chi connectivity index (χ3n) is 3.97. The number of aliphatic hydroxyl groups is 1. The molecule has 2 aromatic carbocycles. The fraction of sp³-hybridized carbons (Fsp3) is 0.429. The summed E-state index contributed by atoms with van der Waals surface area (Å²) in [5.41, 5.74) is 2.31. The maximum atomic E-state index is 10.3. The van der Waals surface area contributed by atoms with E-state index in [0.29, 0.717) is 19.8 Å². The van der Waals surface area contributed by atoms with Crippen LogP contribution < -0.4 is 4.74 Å². The van der Waals surface area contributed by atoms with Crippen LogP contribution >= 0.6 is 0 Å². The highest BCUT2D eigenvalue weighted by molar-refractivity contribution is 5.28. The normalized spacial score (nSPS) is 12.3. The van der Waals surface area contributed by atoms with Crippen LogP contribution in [-0.4, -0.2) is 42.9 Å². The predicted molar refractivity (Wildman–Crippen MR) is 101 cm³/mol. The molecular formula is C21H29NO3. The molecule has 25 heavy (non-hydrogen) atoms. The van der Waals surface area contributed by atoms with E-state index in [-0.39, 0.29) is 0 Å². The van der Waals surface area contributed by atoms with Crippen molar-refractivity contribution in [3.8, 4) is 5.75 Å². The Morgan fingerprint density at radius 1 is 1.04 bits per heavy atom. The van der Waals surface area contributed by atoms with Gasteiger partial charge in [-0.05, 0) is 36.2 Å². The topological polar surface area (TPSA) is 41.9 Å². The SMILES string of the molecule is CCCN(Cc1cccc(OC)c1)C[C@@H](O)COCc1ccccc1. The van der Waals surface area contributed by atoms with Crippen molar-refractivity contribution in [3.05, 3.63) is 65.7 Å². The van der Waals surface area contributed by atoms with Crippen LogP contribution in [0.15, 0.2) is 54.6 Å². The molecule has 0 radical (unpaired) electrons. The lowest BCUT2D eigenvalue weighted by Gasteiger charge is -2.25. The highest BCUT2D eigenvalue weighted by Gasteiger charge is 2.12. The lowest BCUT2D eigenvalue weighted by molar-refractivity contribution is 0.00856. The van der Waals surface area contributed by atoms with Crippen molar-refractivity contribution in [2.75, 3.05) is 26.8 Å². The zero-order valence-electron chi connectivity index (χ0n) is 15.2. The molecule has 0 amide bonds. The van der Waals surface area contributed by atoms with E-state index in [0.717, 1.165) is 30.8 Å². The second kappa shape index (κ2) is 10.9. The van der Waals surface area contributed by atoms with Crippen molar-refractivity contribution >= 4 is 0 Å². The number of ether oxygens (including phenoxy) is 2. The highest BCUT2D eigenvalue weighted by Crippen LogP contribution is 2.15. The number of hydrogen-bond donors (Lipinski definition) is 1. The van der Waals surface area contributed by atoms with E-state index in [1.807, 2.05) is 48.5 Å². The van der Waals surface area contributed by atoms with Crippen LogP contribution in [0.1, 0.15) is 24.5 Å². The van der Waals surface area contributed by atoms with Crippen molar-refractivity contribution in [1.29, 1.82) is 0 Å². The Balaban J connectivity index is 1.80. The molecule has 0 spiro atoms. The zero-order chi connectivity index (χ0) is 17.9. The largest absolute Gasteiger partial charge is 0.497 e. The molecule has 0 aliphatic heterocycles. The summed E-state index contributed by atoms with van der Waals surface area (Å²) in [7, 11) is 1.68. The molecule has 1 N–H and O–H groups in total.